The summed E-state index contributed by atoms with van der Waals surface area (Å²) in [6.07, 6.45) is 0. The Bertz CT molecular complexity index is 1110. The molecule has 0 atom stereocenters. The zero-order valence-corrected chi connectivity index (χ0v) is 15.1. The first kappa shape index (κ1) is 19.4. The molecule has 0 saturated heterocycles. The zero-order chi connectivity index (χ0) is 21.0. The van der Waals surface area contributed by atoms with Crippen molar-refractivity contribution in [2.24, 2.45) is 10.2 Å². The van der Waals surface area contributed by atoms with Crippen molar-refractivity contribution in [3.63, 3.8) is 0 Å². The van der Waals surface area contributed by atoms with Gasteiger partial charge in [0, 0.05) is 11.8 Å². The van der Waals surface area contributed by atoms with E-state index in [2.05, 4.69) is 15.5 Å². The molecule has 3 rings (SSSR count). The van der Waals surface area contributed by atoms with Crippen molar-refractivity contribution in [1.29, 1.82) is 0 Å². The number of nitrogens with zero attached hydrogens (tertiary/aromatic N) is 4. The molecule has 3 aromatic rings. The van der Waals surface area contributed by atoms with Crippen molar-refractivity contribution in [3.05, 3.63) is 86.5 Å². The lowest BCUT2D eigenvalue weighted by molar-refractivity contribution is -0.393. The number of non-ortho nitro benzene ring substituents is 1. The summed E-state index contributed by atoms with van der Waals surface area (Å²) in [6, 6.07) is 14.9. The van der Waals surface area contributed by atoms with Crippen LogP contribution in [0.25, 0.3) is 0 Å². The van der Waals surface area contributed by atoms with Crippen LogP contribution >= 0.6 is 0 Å². The molecular weight excluding hydrogens is 378 g/mol. The van der Waals surface area contributed by atoms with Crippen LogP contribution in [0, 0.1) is 27.2 Å². The van der Waals surface area contributed by atoms with Crippen LogP contribution in [-0.2, 0) is 0 Å². The van der Waals surface area contributed by atoms with E-state index in [0.717, 1.165) is 11.6 Å². The number of benzene rings is 3. The standard InChI is InChI=1S/C19H15N5O5/c1-12-2-9-19(25)17(10-12)22-21-14-5-3-13(4-6-14)20-16-8-7-15(23(26)27)11-18(16)24(28)29/h2-11,20,25H,1H3. The molecule has 0 saturated carbocycles. The van der Waals surface area contributed by atoms with Crippen molar-refractivity contribution < 1.29 is 15.0 Å². The van der Waals surface area contributed by atoms with Crippen molar-refractivity contribution in [1.82, 2.24) is 0 Å². The van der Waals surface area contributed by atoms with Gasteiger partial charge >= 0.3 is 0 Å². The Kier molecular flexibility index (Phi) is 5.44. The van der Waals surface area contributed by atoms with E-state index in [-0.39, 0.29) is 17.1 Å². The molecule has 10 heteroatoms. The average molecular weight is 393 g/mol. The van der Waals surface area contributed by atoms with Gasteiger partial charge in [0.2, 0.25) is 0 Å². The maximum atomic E-state index is 11.2. The highest BCUT2D eigenvalue weighted by Gasteiger charge is 2.19. The van der Waals surface area contributed by atoms with Crippen LogP contribution in [0.1, 0.15) is 5.56 Å². The van der Waals surface area contributed by atoms with Crippen molar-refractivity contribution >= 4 is 34.1 Å². The van der Waals surface area contributed by atoms with Crippen LogP contribution < -0.4 is 5.32 Å². The molecule has 10 nitrogen and oxygen atoms in total. The summed E-state index contributed by atoms with van der Waals surface area (Å²) in [6.45, 7) is 1.87. The minimum absolute atomic E-state index is 0.0168. The van der Waals surface area contributed by atoms with E-state index >= 15 is 0 Å². The van der Waals surface area contributed by atoms with E-state index in [4.69, 9.17) is 0 Å². The number of nitrogens with one attached hydrogen (secondary N) is 1. The van der Waals surface area contributed by atoms with E-state index in [9.17, 15) is 25.3 Å². The molecule has 0 aliphatic heterocycles. The predicted octanol–water partition coefficient (Wildman–Crippen LogP) is 5.68. The lowest BCUT2D eigenvalue weighted by Gasteiger charge is -2.07. The normalized spacial score (nSPS) is 10.8. The van der Waals surface area contributed by atoms with Gasteiger partial charge in [0.15, 0.2) is 0 Å². The van der Waals surface area contributed by atoms with Gasteiger partial charge < -0.3 is 10.4 Å². The number of phenolic OH excluding ortho intramolecular Hbond substituents is 1. The average Bonchev–Trinajstić information content (AvgIpc) is 2.69. The number of anilines is 2. The lowest BCUT2D eigenvalue weighted by Crippen LogP contribution is -1.98. The van der Waals surface area contributed by atoms with Crippen LogP contribution in [-0.4, -0.2) is 15.0 Å². The fourth-order valence-electron chi connectivity index (χ4n) is 2.48. The molecule has 146 valence electrons. The highest BCUT2D eigenvalue weighted by atomic mass is 16.6. The molecule has 0 unspecified atom stereocenters. The molecule has 0 amide bonds. The number of rotatable bonds is 6. The van der Waals surface area contributed by atoms with Gasteiger partial charge in [-0.3, -0.25) is 20.2 Å². The monoisotopic (exact) mass is 393 g/mol. The molecule has 0 radical (unpaired) electrons. The minimum Gasteiger partial charge on any atom is -0.506 e. The number of hydrogen-bond acceptors (Lipinski definition) is 8. The van der Waals surface area contributed by atoms with Crippen LogP contribution in [0.5, 0.6) is 5.75 Å². The van der Waals surface area contributed by atoms with Crippen molar-refractivity contribution in [2.75, 3.05) is 5.32 Å². The second-order valence-corrected chi connectivity index (χ2v) is 6.08. The summed E-state index contributed by atoms with van der Waals surface area (Å²) in [4.78, 5) is 20.6. The Balaban J connectivity index is 1.79. The molecule has 0 aliphatic rings. The zero-order valence-electron chi connectivity index (χ0n) is 15.1. The Hall–Kier alpha value is -4.34. The Morgan fingerprint density at radius 2 is 1.62 bits per heavy atom. The first-order valence-corrected chi connectivity index (χ1v) is 8.35. The molecule has 0 spiro atoms. The predicted molar refractivity (Wildman–Crippen MR) is 106 cm³/mol. The van der Waals surface area contributed by atoms with Crippen molar-refractivity contribution in [3.8, 4) is 5.75 Å². The largest absolute Gasteiger partial charge is 0.506 e. The Labute approximate surface area is 164 Å². The highest BCUT2D eigenvalue weighted by Crippen LogP contribution is 2.32. The number of aryl methyl sites for hydroxylation is 1. The summed E-state index contributed by atoms with van der Waals surface area (Å²) in [5.41, 5.74) is 1.67. The van der Waals surface area contributed by atoms with Crippen LogP contribution in [0.2, 0.25) is 0 Å². The summed E-state index contributed by atoms with van der Waals surface area (Å²) < 4.78 is 0. The lowest BCUT2D eigenvalue weighted by atomic mass is 10.2. The van der Waals surface area contributed by atoms with E-state index in [1.165, 1.54) is 18.2 Å². The fraction of sp³-hybridized carbons (Fsp3) is 0.0526. The molecular formula is C19H15N5O5. The van der Waals surface area contributed by atoms with Gasteiger partial charge in [-0.1, -0.05) is 6.07 Å². The van der Waals surface area contributed by atoms with E-state index < -0.39 is 15.5 Å². The van der Waals surface area contributed by atoms with Crippen molar-refractivity contribution in [2.45, 2.75) is 6.92 Å². The molecule has 0 fully saturated rings. The molecule has 0 heterocycles. The summed E-state index contributed by atoms with van der Waals surface area (Å²) in [5.74, 6) is 0.0168. The van der Waals surface area contributed by atoms with Crippen LogP contribution in [0.15, 0.2) is 70.9 Å². The molecule has 0 aromatic heterocycles. The van der Waals surface area contributed by atoms with Gasteiger partial charge in [-0.15, -0.1) is 5.11 Å². The molecule has 3 aromatic carbocycles. The van der Waals surface area contributed by atoms with E-state index in [0.29, 0.717) is 17.1 Å². The SMILES string of the molecule is Cc1ccc(O)c(N=Nc2ccc(Nc3ccc([N+](=O)[O-])cc3[N+](=O)[O-])cc2)c1. The van der Waals surface area contributed by atoms with E-state index in [1.54, 1.807) is 36.4 Å². The summed E-state index contributed by atoms with van der Waals surface area (Å²) in [7, 11) is 0. The second-order valence-electron chi connectivity index (χ2n) is 6.08. The molecule has 0 bridgehead atoms. The first-order valence-electron chi connectivity index (χ1n) is 8.35. The summed E-state index contributed by atoms with van der Waals surface area (Å²) in [5, 5.41) is 42.7. The van der Waals surface area contributed by atoms with Gasteiger partial charge in [0.1, 0.15) is 17.1 Å². The Morgan fingerprint density at radius 1 is 0.897 bits per heavy atom. The molecule has 29 heavy (non-hydrogen) atoms. The second kappa shape index (κ2) is 8.13. The number of nitro benzene ring substituents is 2. The van der Waals surface area contributed by atoms with Gasteiger partial charge in [-0.05, 0) is 55.0 Å². The maximum absolute atomic E-state index is 11.2. The quantitative estimate of drug-likeness (QED) is 0.313. The molecule has 0 aliphatic carbocycles. The molecule has 2 N–H and O–H groups in total. The maximum Gasteiger partial charge on any atom is 0.299 e. The number of hydrogen-bond donors (Lipinski definition) is 2. The summed E-state index contributed by atoms with van der Waals surface area (Å²) >= 11 is 0. The van der Waals surface area contributed by atoms with Gasteiger partial charge in [-0.25, -0.2) is 0 Å². The van der Waals surface area contributed by atoms with E-state index in [1.807, 2.05) is 6.92 Å². The highest BCUT2D eigenvalue weighted by molar-refractivity contribution is 5.72. The van der Waals surface area contributed by atoms with Gasteiger partial charge in [0.05, 0.1) is 21.6 Å². The van der Waals surface area contributed by atoms with Crippen LogP contribution in [0.4, 0.5) is 34.1 Å². The fourth-order valence-corrected chi connectivity index (χ4v) is 2.48. The number of aromatic hydroxyl groups is 1. The first-order chi connectivity index (χ1) is 13.8. The number of azo groups is 1. The topological polar surface area (TPSA) is 143 Å². The van der Waals surface area contributed by atoms with Gasteiger partial charge in [-0.2, -0.15) is 5.11 Å². The third-order valence-corrected chi connectivity index (χ3v) is 3.94. The minimum atomic E-state index is -0.692. The number of nitro groups is 2. The van der Waals surface area contributed by atoms with Gasteiger partial charge in [0.25, 0.3) is 11.4 Å². The third kappa shape index (κ3) is 4.69. The smallest absolute Gasteiger partial charge is 0.299 e. The Morgan fingerprint density at radius 3 is 2.28 bits per heavy atom. The van der Waals surface area contributed by atoms with Crippen LogP contribution in [0.3, 0.4) is 0 Å². The number of phenols is 1. The third-order valence-electron chi connectivity index (χ3n) is 3.94.